The molecule has 31 heavy (non-hydrogen) atoms. The first-order valence-corrected chi connectivity index (χ1v) is 11.3. The Morgan fingerprint density at radius 1 is 1.13 bits per heavy atom. The number of nitrogens with one attached hydrogen (secondary N) is 2. The Kier molecular flexibility index (Phi) is 6.51. The van der Waals surface area contributed by atoms with Gasteiger partial charge in [0.1, 0.15) is 5.52 Å². The van der Waals surface area contributed by atoms with E-state index in [4.69, 9.17) is 23.2 Å². The second-order valence-electron chi connectivity index (χ2n) is 6.48. The van der Waals surface area contributed by atoms with E-state index < -0.39 is 27.9 Å². The van der Waals surface area contributed by atoms with Gasteiger partial charge in [-0.15, -0.1) is 0 Å². The molecule has 3 rings (SSSR count). The summed E-state index contributed by atoms with van der Waals surface area (Å²) in [7, 11) is -3.59. The number of amides is 1. The van der Waals surface area contributed by atoms with E-state index in [1.165, 1.54) is 30.3 Å². The first-order valence-electron chi connectivity index (χ1n) is 8.65. The monoisotopic (exact) mass is 494 g/mol. The van der Waals surface area contributed by atoms with Gasteiger partial charge in [0.2, 0.25) is 15.8 Å². The van der Waals surface area contributed by atoms with Gasteiger partial charge in [-0.1, -0.05) is 35.3 Å². The maximum atomic E-state index is 13.6. The van der Waals surface area contributed by atoms with Crippen molar-refractivity contribution in [2.24, 2.45) is 0 Å². The molecule has 7 nitrogen and oxygen atoms in total. The number of hydrogen-bond donors (Lipinski definition) is 2. The summed E-state index contributed by atoms with van der Waals surface area (Å²) in [5, 5.41) is 2.64. The summed E-state index contributed by atoms with van der Waals surface area (Å²) < 4.78 is 66.2. The fourth-order valence-corrected chi connectivity index (χ4v) is 3.96. The summed E-state index contributed by atoms with van der Waals surface area (Å²) in [5.74, 6) is -1.94. The van der Waals surface area contributed by atoms with Crippen LogP contribution in [0.1, 0.15) is 16.2 Å². The Labute approximate surface area is 185 Å². The van der Waals surface area contributed by atoms with Crippen molar-refractivity contribution >= 4 is 55.9 Å². The minimum atomic E-state index is -4.81. The van der Waals surface area contributed by atoms with E-state index in [9.17, 15) is 26.4 Å². The van der Waals surface area contributed by atoms with Gasteiger partial charge in [0.05, 0.1) is 33.1 Å². The summed E-state index contributed by atoms with van der Waals surface area (Å²) in [5.41, 5.74) is -0.0779. The van der Waals surface area contributed by atoms with Crippen molar-refractivity contribution in [3.63, 3.8) is 0 Å². The van der Waals surface area contributed by atoms with Crippen LogP contribution in [0.15, 0.2) is 36.4 Å². The molecule has 3 aromatic rings. The maximum Gasteiger partial charge on any atom is 0.449 e. The normalized spacial score (nSPS) is 12.3. The van der Waals surface area contributed by atoms with Crippen LogP contribution in [0.2, 0.25) is 10.0 Å². The second-order valence-corrected chi connectivity index (χ2v) is 9.12. The maximum absolute atomic E-state index is 13.6. The highest BCUT2D eigenvalue weighted by molar-refractivity contribution is 7.88. The van der Waals surface area contributed by atoms with Gasteiger partial charge < -0.3 is 9.88 Å². The Hall–Kier alpha value is -2.34. The summed E-state index contributed by atoms with van der Waals surface area (Å²) in [6, 6.07) is 8.66. The molecule has 0 bridgehead atoms. The van der Waals surface area contributed by atoms with Crippen LogP contribution in [0.3, 0.4) is 0 Å². The second kappa shape index (κ2) is 8.65. The number of carbonyl (C=O) groups is 1. The lowest BCUT2D eigenvalue weighted by Gasteiger charge is -2.12. The predicted molar refractivity (Wildman–Crippen MR) is 112 cm³/mol. The van der Waals surface area contributed by atoms with E-state index in [1.54, 1.807) is 6.07 Å². The van der Waals surface area contributed by atoms with Gasteiger partial charge >= 0.3 is 6.18 Å². The zero-order valence-electron chi connectivity index (χ0n) is 15.8. The van der Waals surface area contributed by atoms with Crippen LogP contribution in [0.4, 0.5) is 18.9 Å². The number of rotatable bonds is 6. The lowest BCUT2D eigenvalue weighted by molar-refractivity contribution is -0.146. The highest BCUT2D eigenvalue weighted by Gasteiger charge is 2.38. The van der Waals surface area contributed by atoms with Gasteiger partial charge in [-0.05, 0) is 24.3 Å². The van der Waals surface area contributed by atoms with Gasteiger partial charge in [-0.3, -0.25) is 4.79 Å². The fourth-order valence-electron chi connectivity index (χ4n) is 2.93. The molecule has 0 spiro atoms. The first-order chi connectivity index (χ1) is 14.4. The van der Waals surface area contributed by atoms with Crippen LogP contribution >= 0.6 is 23.2 Å². The van der Waals surface area contributed by atoms with Gasteiger partial charge in [-0.2, -0.15) is 13.2 Å². The summed E-state index contributed by atoms with van der Waals surface area (Å²) in [4.78, 5) is 16.3. The number of anilines is 1. The quantitative estimate of drug-likeness (QED) is 0.537. The number of sulfonamides is 1. The molecule has 0 saturated carbocycles. The number of nitrogens with zero attached hydrogens (tertiary/aromatic N) is 2. The number of imidazole rings is 1. The molecule has 13 heteroatoms. The van der Waals surface area contributed by atoms with Gasteiger partial charge in [0.25, 0.3) is 5.91 Å². The van der Waals surface area contributed by atoms with Gasteiger partial charge in [0.15, 0.2) is 0 Å². The van der Waals surface area contributed by atoms with Crippen molar-refractivity contribution in [2.75, 3.05) is 18.1 Å². The van der Waals surface area contributed by atoms with E-state index >= 15 is 0 Å². The molecule has 2 aromatic carbocycles. The number of aromatic nitrogens is 2. The van der Waals surface area contributed by atoms with E-state index in [0.29, 0.717) is 0 Å². The van der Waals surface area contributed by atoms with Crippen molar-refractivity contribution < 1.29 is 26.4 Å². The smallest absolute Gasteiger partial charge is 0.320 e. The number of carbonyl (C=O) groups excluding carboxylic acids is 1. The molecule has 1 heterocycles. The third-order valence-corrected chi connectivity index (χ3v) is 5.53. The minimum absolute atomic E-state index is 0.0128. The molecule has 0 radical (unpaired) electrons. The summed E-state index contributed by atoms with van der Waals surface area (Å²) >= 11 is 12.0. The van der Waals surface area contributed by atoms with Crippen molar-refractivity contribution in [2.45, 2.75) is 12.7 Å². The van der Waals surface area contributed by atoms with Crippen LogP contribution in [0.25, 0.3) is 11.0 Å². The average Bonchev–Trinajstić information content (AvgIpc) is 3.01. The molecular weight excluding hydrogens is 480 g/mol. The lowest BCUT2D eigenvalue weighted by atomic mass is 10.2. The Morgan fingerprint density at radius 2 is 1.74 bits per heavy atom. The van der Waals surface area contributed by atoms with E-state index in [0.717, 1.165) is 10.8 Å². The van der Waals surface area contributed by atoms with E-state index in [-0.39, 0.29) is 45.4 Å². The van der Waals surface area contributed by atoms with Crippen molar-refractivity contribution in [3.05, 3.63) is 57.8 Å². The summed E-state index contributed by atoms with van der Waals surface area (Å²) in [6.07, 6.45) is -3.91. The topological polar surface area (TPSA) is 93.1 Å². The van der Waals surface area contributed by atoms with Crippen LogP contribution in [0.5, 0.6) is 0 Å². The zero-order chi connectivity index (χ0) is 23.0. The molecule has 0 fully saturated rings. The van der Waals surface area contributed by atoms with Gasteiger partial charge in [-0.25, -0.2) is 18.1 Å². The van der Waals surface area contributed by atoms with Crippen LogP contribution in [-0.4, -0.2) is 36.7 Å². The Balaban J connectivity index is 2.03. The molecular formula is C18H15Cl2F3N4O3S. The van der Waals surface area contributed by atoms with Gasteiger partial charge in [0, 0.05) is 13.1 Å². The van der Waals surface area contributed by atoms with Crippen LogP contribution in [0, 0.1) is 0 Å². The predicted octanol–water partition coefficient (Wildman–Crippen LogP) is 4.16. The summed E-state index contributed by atoms with van der Waals surface area (Å²) in [6.45, 7) is -0.606. The number of alkyl halides is 3. The number of halogens is 5. The van der Waals surface area contributed by atoms with Crippen molar-refractivity contribution in [3.8, 4) is 0 Å². The van der Waals surface area contributed by atoms with Crippen LogP contribution in [-0.2, 0) is 22.7 Å². The van der Waals surface area contributed by atoms with Crippen molar-refractivity contribution in [1.82, 2.24) is 14.3 Å². The molecule has 1 amide bonds. The van der Waals surface area contributed by atoms with Crippen molar-refractivity contribution in [1.29, 1.82) is 0 Å². The Bertz CT molecular complexity index is 1240. The minimum Gasteiger partial charge on any atom is -0.320 e. The Morgan fingerprint density at radius 3 is 2.32 bits per heavy atom. The van der Waals surface area contributed by atoms with E-state index in [1.807, 2.05) is 0 Å². The molecule has 0 aliphatic carbocycles. The number of para-hydroxylation sites is 1. The molecule has 0 atom stereocenters. The third-order valence-electron chi connectivity index (χ3n) is 4.17. The standard InChI is InChI=1S/C18H15Cl2F3N4O3S/c1-31(29,30)24-8-9-27-13-7-3-6-12(15(13)26-17(27)18(21,22)23)25-16(28)14-10(19)4-2-5-11(14)20/h2-7,24H,8-9H2,1H3,(H,25,28). The molecule has 0 aliphatic rings. The molecule has 0 aliphatic heterocycles. The highest BCUT2D eigenvalue weighted by atomic mass is 35.5. The molecule has 0 saturated heterocycles. The number of benzene rings is 2. The molecule has 2 N–H and O–H groups in total. The lowest BCUT2D eigenvalue weighted by Crippen LogP contribution is -2.27. The van der Waals surface area contributed by atoms with E-state index in [2.05, 4.69) is 15.0 Å². The van der Waals surface area contributed by atoms with Crippen LogP contribution < -0.4 is 10.0 Å². The largest absolute Gasteiger partial charge is 0.449 e. The molecule has 1 aromatic heterocycles. The first kappa shape index (κ1) is 23.3. The molecule has 0 unspecified atom stereocenters. The third kappa shape index (κ3) is 5.29. The molecule has 166 valence electrons. The number of fused-ring (bicyclic) bond motifs is 1. The SMILES string of the molecule is CS(=O)(=O)NCCn1c(C(F)(F)F)nc2c(NC(=O)c3c(Cl)cccc3Cl)cccc21. The number of hydrogen-bond acceptors (Lipinski definition) is 4. The zero-order valence-corrected chi connectivity index (χ0v) is 18.1. The fraction of sp³-hybridized carbons (Fsp3) is 0.222. The highest BCUT2D eigenvalue weighted by Crippen LogP contribution is 2.34. The average molecular weight is 495 g/mol.